The number of carboxylic acid groups (broad SMARTS) is 1. The second-order valence-corrected chi connectivity index (χ2v) is 7.98. The molecule has 1 aromatic heterocycles. The first-order valence-electron chi connectivity index (χ1n) is 10.5. The molecule has 0 bridgehead atoms. The quantitative estimate of drug-likeness (QED) is 0.471. The molecule has 8 nitrogen and oxygen atoms in total. The molecule has 2 aromatic rings. The predicted octanol–water partition coefficient (Wildman–Crippen LogP) is 3.64. The van der Waals surface area contributed by atoms with Crippen molar-refractivity contribution in [3.8, 4) is 5.75 Å². The van der Waals surface area contributed by atoms with E-state index in [1.807, 2.05) is 19.1 Å². The molecule has 2 rings (SSSR count). The second kappa shape index (κ2) is 10.2. The van der Waals surface area contributed by atoms with Gasteiger partial charge in [0.2, 0.25) is 0 Å². The number of rotatable bonds is 11. The number of aliphatic carboxylic acids is 1. The first-order valence-corrected chi connectivity index (χ1v) is 10.5. The molecule has 3 N–H and O–H groups in total. The monoisotopic (exact) mass is 428 g/mol. The summed E-state index contributed by atoms with van der Waals surface area (Å²) in [6, 6.07) is 7.31. The van der Waals surface area contributed by atoms with Crippen LogP contribution in [0.4, 0.5) is 5.69 Å². The van der Waals surface area contributed by atoms with Crippen LogP contribution < -0.4 is 15.6 Å². The molecule has 0 aliphatic rings. The number of benzene rings is 1. The Morgan fingerprint density at radius 2 is 1.94 bits per heavy atom. The van der Waals surface area contributed by atoms with Gasteiger partial charge in [-0.05, 0) is 57.7 Å². The van der Waals surface area contributed by atoms with Gasteiger partial charge in [0.05, 0.1) is 5.71 Å². The van der Waals surface area contributed by atoms with E-state index in [2.05, 4.69) is 10.3 Å². The fourth-order valence-electron chi connectivity index (χ4n) is 3.24. The van der Waals surface area contributed by atoms with Crippen molar-refractivity contribution >= 4 is 17.4 Å². The Morgan fingerprint density at radius 3 is 2.48 bits per heavy atom. The highest BCUT2D eigenvalue weighted by atomic mass is 16.5. The van der Waals surface area contributed by atoms with Crippen molar-refractivity contribution in [3.05, 3.63) is 51.7 Å². The fraction of sp³-hybridized carbons (Fsp3) is 0.478. The largest absolute Gasteiger partial charge is 0.478 e. The van der Waals surface area contributed by atoms with Crippen LogP contribution in [0.15, 0.2) is 29.1 Å². The van der Waals surface area contributed by atoms with Gasteiger partial charge in [-0.1, -0.05) is 25.5 Å². The average molecular weight is 429 g/mol. The van der Waals surface area contributed by atoms with Gasteiger partial charge in [0.25, 0.3) is 5.56 Å². The van der Waals surface area contributed by atoms with Crippen LogP contribution in [0.25, 0.3) is 0 Å². The van der Waals surface area contributed by atoms with Crippen LogP contribution in [0, 0.1) is 12.3 Å². The minimum Gasteiger partial charge on any atom is -0.478 e. The van der Waals surface area contributed by atoms with Crippen molar-refractivity contribution in [1.82, 2.24) is 9.55 Å². The fourth-order valence-corrected chi connectivity index (χ4v) is 3.24. The van der Waals surface area contributed by atoms with Gasteiger partial charge in [-0.15, -0.1) is 0 Å². The van der Waals surface area contributed by atoms with Crippen LogP contribution in [0.3, 0.4) is 0 Å². The summed E-state index contributed by atoms with van der Waals surface area (Å²) in [5, 5.41) is 20.3. The second-order valence-electron chi connectivity index (χ2n) is 7.98. The van der Waals surface area contributed by atoms with E-state index in [1.165, 1.54) is 13.8 Å². The van der Waals surface area contributed by atoms with Gasteiger partial charge in [-0.3, -0.25) is 9.36 Å². The Bertz CT molecular complexity index is 994. The highest BCUT2D eigenvalue weighted by molar-refractivity contribution is 6.00. The van der Waals surface area contributed by atoms with Crippen molar-refractivity contribution < 1.29 is 14.6 Å². The molecule has 0 aliphatic heterocycles. The summed E-state index contributed by atoms with van der Waals surface area (Å²) in [6.07, 6.45) is 2.88. The lowest BCUT2D eigenvalue weighted by Gasteiger charge is -2.21. The van der Waals surface area contributed by atoms with Gasteiger partial charge < -0.3 is 20.6 Å². The molecule has 8 heteroatoms. The smallest absolute Gasteiger partial charge is 0.347 e. The zero-order valence-electron chi connectivity index (χ0n) is 18.9. The summed E-state index contributed by atoms with van der Waals surface area (Å²) in [4.78, 5) is 28.6. The van der Waals surface area contributed by atoms with E-state index in [1.54, 1.807) is 30.7 Å². The summed E-state index contributed by atoms with van der Waals surface area (Å²) >= 11 is 0. The van der Waals surface area contributed by atoms with Gasteiger partial charge in [-0.2, -0.15) is 0 Å². The summed E-state index contributed by atoms with van der Waals surface area (Å²) in [5.41, 5.74) is 0.777. The van der Waals surface area contributed by atoms with Gasteiger partial charge in [0.1, 0.15) is 23.0 Å². The van der Waals surface area contributed by atoms with Crippen LogP contribution >= 0.6 is 0 Å². The Balaban J connectivity index is 2.08. The lowest BCUT2D eigenvalue weighted by atomic mass is 10.1. The molecule has 168 valence electrons. The zero-order valence-corrected chi connectivity index (χ0v) is 18.9. The number of anilines is 1. The molecule has 0 radical (unpaired) electrons. The molecular weight excluding hydrogens is 396 g/mol. The van der Waals surface area contributed by atoms with Gasteiger partial charge in [-0.25, -0.2) is 9.78 Å². The Kier molecular flexibility index (Phi) is 7.96. The van der Waals surface area contributed by atoms with E-state index in [4.69, 9.17) is 15.3 Å². The summed E-state index contributed by atoms with van der Waals surface area (Å²) in [5.74, 6) is 0.0680. The standard InChI is InChI=1S/C23H32N4O4/c1-6-8-18(24)19-20(25-5)21(28)27(15(2)26-19)14-7-9-16-10-12-17(13-11-16)31-23(3,4)22(29)30/h10-13,24-25H,6-9,14H2,1-5H3,(H,29,30). The Labute approximate surface area is 182 Å². The van der Waals surface area contributed by atoms with Crippen LogP contribution in [0.1, 0.15) is 57.1 Å². The first-order chi connectivity index (χ1) is 14.6. The average Bonchev–Trinajstić information content (AvgIpc) is 2.71. The van der Waals surface area contributed by atoms with E-state index in [-0.39, 0.29) is 5.56 Å². The van der Waals surface area contributed by atoms with Crippen molar-refractivity contribution in [3.63, 3.8) is 0 Å². The van der Waals surface area contributed by atoms with Gasteiger partial charge in [0, 0.05) is 13.6 Å². The normalized spacial score (nSPS) is 11.3. The number of carbonyl (C=O) groups is 1. The molecule has 0 saturated heterocycles. The van der Waals surface area contributed by atoms with Crippen molar-refractivity contribution in [1.29, 1.82) is 5.41 Å². The van der Waals surface area contributed by atoms with Crippen molar-refractivity contribution in [2.45, 2.75) is 65.5 Å². The molecule has 31 heavy (non-hydrogen) atoms. The van der Waals surface area contributed by atoms with Crippen molar-refractivity contribution in [2.24, 2.45) is 0 Å². The first kappa shape index (κ1) is 24.1. The number of carboxylic acids is 1. The molecule has 0 saturated carbocycles. The maximum Gasteiger partial charge on any atom is 0.347 e. The molecule has 0 atom stereocenters. The maximum absolute atomic E-state index is 12.9. The topological polar surface area (TPSA) is 117 Å². The lowest BCUT2D eigenvalue weighted by Crippen LogP contribution is -2.37. The van der Waals surface area contributed by atoms with Crippen LogP contribution in [0.2, 0.25) is 0 Å². The number of ether oxygens (including phenoxy) is 1. The van der Waals surface area contributed by atoms with E-state index in [0.29, 0.717) is 41.6 Å². The summed E-state index contributed by atoms with van der Waals surface area (Å²) < 4.78 is 7.16. The molecule has 0 amide bonds. The zero-order chi connectivity index (χ0) is 23.2. The number of nitrogens with one attached hydrogen (secondary N) is 2. The van der Waals surface area contributed by atoms with Gasteiger partial charge in [0.15, 0.2) is 5.60 Å². The lowest BCUT2D eigenvalue weighted by molar-refractivity contribution is -0.152. The third kappa shape index (κ3) is 5.93. The molecule has 1 heterocycles. The minimum absolute atomic E-state index is 0.162. The van der Waals surface area contributed by atoms with Crippen LogP contribution in [-0.2, 0) is 17.8 Å². The van der Waals surface area contributed by atoms with Crippen molar-refractivity contribution in [2.75, 3.05) is 12.4 Å². The number of aromatic nitrogens is 2. The predicted molar refractivity (Wildman–Crippen MR) is 122 cm³/mol. The van der Waals surface area contributed by atoms with Gasteiger partial charge >= 0.3 is 5.97 Å². The van der Waals surface area contributed by atoms with Crippen LogP contribution in [-0.4, -0.2) is 39.0 Å². The third-order valence-electron chi connectivity index (χ3n) is 5.05. The Hall–Kier alpha value is -3.16. The molecular formula is C23H32N4O4. The molecule has 1 aromatic carbocycles. The minimum atomic E-state index is -1.29. The molecule has 0 aliphatic carbocycles. The number of hydrogen-bond donors (Lipinski definition) is 3. The molecule has 0 spiro atoms. The van der Waals surface area contributed by atoms with E-state index < -0.39 is 11.6 Å². The summed E-state index contributed by atoms with van der Waals surface area (Å²) in [6.45, 7) is 7.31. The Morgan fingerprint density at radius 1 is 1.29 bits per heavy atom. The van der Waals surface area contributed by atoms with E-state index in [9.17, 15) is 9.59 Å². The van der Waals surface area contributed by atoms with Crippen LogP contribution in [0.5, 0.6) is 5.75 Å². The molecule has 0 fully saturated rings. The SMILES string of the molecule is CCCC(=N)c1nc(C)n(CCCc2ccc(OC(C)(C)C(=O)O)cc2)c(=O)c1NC. The van der Waals surface area contributed by atoms with E-state index in [0.717, 1.165) is 24.8 Å². The summed E-state index contributed by atoms with van der Waals surface area (Å²) in [7, 11) is 1.68. The highest BCUT2D eigenvalue weighted by Crippen LogP contribution is 2.20. The van der Waals surface area contributed by atoms with E-state index >= 15 is 0 Å². The highest BCUT2D eigenvalue weighted by Gasteiger charge is 2.29. The number of hydrogen-bond acceptors (Lipinski definition) is 6. The molecule has 0 unspecified atom stereocenters. The maximum atomic E-state index is 12.9. The number of aryl methyl sites for hydroxylation is 2. The number of nitrogens with zero attached hydrogens (tertiary/aromatic N) is 2. The third-order valence-corrected chi connectivity index (χ3v) is 5.05.